The van der Waals surface area contributed by atoms with E-state index in [4.69, 9.17) is 9.15 Å². The van der Waals surface area contributed by atoms with Gasteiger partial charge < -0.3 is 19.8 Å². The molecular weight excluding hydrogens is 358 g/mol. The van der Waals surface area contributed by atoms with Crippen LogP contribution in [0.3, 0.4) is 0 Å². The van der Waals surface area contributed by atoms with Gasteiger partial charge in [-0.2, -0.15) is 0 Å². The molecule has 148 valence electrons. The van der Waals surface area contributed by atoms with Crippen LogP contribution in [0, 0.1) is 0 Å². The molecule has 2 atom stereocenters. The summed E-state index contributed by atoms with van der Waals surface area (Å²) >= 11 is 0. The van der Waals surface area contributed by atoms with E-state index in [9.17, 15) is 9.59 Å². The fourth-order valence-electron chi connectivity index (χ4n) is 3.84. The van der Waals surface area contributed by atoms with Crippen molar-refractivity contribution >= 4 is 11.8 Å². The van der Waals surface area contributed by atoms with Gasteiger partial charge in [0.1, 0.15) is 12.4 Å². The van der Waals surface area contributed by atoms with Crippen LogP contribution in [0.25, 0.3) is 0 Å². The third kappa shape index (κ3) is 4.43. The Labute approximate surface area is 164 Å². The van der Waals surface area contributed by atoms with Gasteiger partial charge in [-0.05, 0) is 30.5 Å². The Balaban J connectivity index is 1.33. The molecule has 0 saturated carbocycles. The summed E-state index contributed by atoms with van der Waals surface area (Å²) in [5.74, 6) is 0.585. The van der Waals surface area contributed by atoms with Crippen LogP contribution in [0.15, 0.2) is 53.1 Å². The second kappa shape index (κ2) is 8.58. The van der Waals surface area contributed by atoms with Crippen molar-refractivity contribution in [3.05, 3.63) is 60.1 Å². The largest absolute Gasteiger partial charge is 0.468 e. The molecule has 2 aliphatic heterocycles. The Kier molecular flexibility index (Phi) is 5.73. The highest BCUT2D eigenvalue weighted by Gasteiger charge is 2.37. The summed E-state index contributed by atoms with van der Waals surface area (Å²) in [4.78, 5) is 27.0. The zero-order chi connectivity index (χ0) is 19.3. The number of hydrogen-bond donors (Lipinski definition) is 2. The zero-order valence-electron chi connectivity index (χ0n) is 15.7. The van der Waals surface area contributed by atoms with E-state index in [0.29, 0.717) is 0 Å². The molecule has 7 heteroatoms. The van der Waals surface area contributed by atoms with Crippen LogP contribution in [0.5, 0.6) is 0 Å². The molecule has 2 saturated heterocycles. The Morgan fingerprint density at radius 2 is 1.93 bits per heavy atom. The summed E-state index contributed by atoms with van der Waals surface area (Å²) in [5.41, 5.74) is 0.865. The van der Waals surface area contributed by atoms with Gasteiger partial charge in [0.15, 0.2) is 6.10 Å². The molecule has 0 bridgehead atoms. The van der Waals surface area contributed by atoms with Crippen molar-refractivity contribution in [3.8, 4) is 0 Å². The predicted molar refractivity (Wildman–Crippen MR) is 102 cm³/mol. The van der Waals surface area contributed by atoms with Gasteiger partial charge in [-0.25, -0.2) is 0 Å². The van der Waals surface area contributed by atoms with E-state index in [0.717, 1.165) is 43.8 Å². The van der Waals surface area contributed by atoms with Crippen molar-refractivity contribution in [3.63, 3.8) is 0 Å². The van der Waals surface area contributed by atoms with E-state index in [1.807, 2.05) is 42.5 Å². The average Bonchev–Trinajstić information content (AvgIpc) is 3.23. The van der Waals surface area contributed by atoms with Crippen LogP contribution < -0.4 is 10.6 Å². The molecule has 2 fully saturated rings. The summed E-state index contributed by atoms with van der Waals surface area (Å²) in [6.07, 6.45) is 2.72. The Morgan fingerprint density at radius 3 is 2.64 bits per heavy atom. The summed E-state index contributed by atoms with van der Waals surface area (Å²) in [6.45, 7) is 2.50. The van der Waals surface area contributed by atoms with Crippen molar-refractivity contribution in [1.82, 2.24) is 15.5 Å². The number of carbonyl (C=O) groups is 2. The van der Waals surface area contributed by atoms with Gasteiger partial charge >= 0.3 is 0 Å². The van der Waals surface area contributed by atoms with Crippen LogP contribution in [-0.2, 0) is 20.9 Å². The van der Waals surface area contributed by atoms with Crippen molar-refractivity contribution in [2.75, 3.05) is 19.7 Å². The van der Waals surface area contributed by atoms with Crippen molar-refractivity contribution in [1.29, 1.82) is 0 Å². The summed E-state index contributed by atoms with van der Waals surface area (Å²) in [6, 6.07) is 13.0. The fourth-order valence-corrected chi connectivity index (χ4v) is 3.84. The normalized spacial score (nSPS) is 23.9. The number of benzene rings is 1. The highest BCUT2D eigenvalue weighted by Crippen LogP contribution is 2.23. The van der Waals surface area contributed by atoms with Gasteiger partial charge in [0.05, 0.1) is 18.8 Å². The Morgan fingerprint density at radius 1 is 1.14 bits per heavy atom. The molecule has 0 unspecified atom stereocenters. The maximum Gasteiger partial charge on any atom is 0.251 e. The van der Waals surface area contributed by atoms with E-state index < -0.39 is 12.1 Å². The van der Waals surface area contributed by atoms with E-state index in [2.05, 4.69) is 15.5 Å². The molecular formula is C21H25N3O4. The summed E-state index contributed by atoms with van der Waals surface area (Å²) in [7, 11) is 0. The molecule has 2 amide bonds. The SMILES string of the molecule is O=C1CO[C@H](C(=O)NC2CCN(Cc3ccco3)CC2)[C@@H](c2ccccc2)N1. The molecule has 2 aliphatic rings. The number of hydrogen-bond acceptors (Lipinski definition) is 5. The van der Waals surface area contributed by atoms with E-state index in [1.54, 1.807) is 6.26 Å². The monoisotopic (exact) mass is 383 g/mol. The van der Waals surface area contributed by atoms with Crippen LogP contribution in [0.1, 0.15) is 30.2 Å². The van der Waals surface area contributed by atoms with Gasteiger partial charge in [0, 0.05) is 19.1 Å². The number of nitrogens with zero attached hydrogens (tertiary/aromatic N) is 1. The summed E-state index contributed by atoms with van der Waals surface area (Å²) < 4.78 is 11.0. The van der Waals surface area contributed by atoms with Crippen LogP contribution >= 0.6 is 0 Å². The van der Waals surface area contributed by atoms with E-state index in [-0.39, 0.29) is 24.5 Å². The summed E-state index contributed by atoms with van der Waals surface area (Å²) in [5, 5.41) is 6.01. The third-order valence-electron chi connectivity index (χ3n) is 5.32. The molecule has 0 aliphatic carbocycles. The second-order valence-electron chi connectivity index (χ2n) is 7.33. The lowest BCUT2D eigenvalue weighted by molar-refractivity contribution is -0.148. The minimum absolute atomic E-state index is 0.0942. The first-order valence-corrected chi connectivity index (χ1v) is 9.70. The topological polar surface area (TPSA) is 83.8 Å². The lowest BCUT2D eigenvalue weighted by Gasteiger charge is -2.35. The Bertz CT molecular complexity index is 785. The van der Waals surface area contributed by atoms with Gasteiger partial charge in [-0.3, -0.25) is 14.5 Å². The minimum atomic E-state index is -0.721. The lowest BCUT2D eigenvalue weighted by atomic mass is 9.98. The number of nitrogens with one attached hydrogen (secondary N) is 2. The number of piperidine rings is 1. The van der Waals surface area contributed by atoms with Crippen molar-refractivity contribution in [2.24, 2.45) is 0 Å². The second-order valence-corrected chi connectivity index (χ2v) is 7.33. The van der Waals surface area contributed by atoms with Gasteiger partial charge in [0.2, 0.25) is 5.91 Å². The molecule has 2 N–H and O–H groups in total. The van der Waals surface area contributed by atoms with Crippen LogP contribution in [0.2, 0.25) is 0 Å². The zero-order valence-corrected chi connectivity index (χ0v) is 15.7. The molecule has 1 aromatic heterocycles. The standard InChI is InChI=1S/C21H25N3O4/c25-18-14-28-20(19(23-18)15-5-2-1-3-6-15)21(26)22-16-8-10-24(11-9-16)13-17-7-4-12-27-17/h1-7,12,16,19-20H,8-11,13-14H2,(H,22,26)(H,23,25)/t19-,20+/m1/s1. The predicted octanol–water partition coefficient (Wildman–Crippen LogP) is 1.62. The number of amides is 2. The molecule has 0 radical (unpaired) electrons. The van der Waals surface area contributed by atoms with Gasteiger partial charge in [-0.1, -0.05) is 30.3 Å². The lowest BCUT2D eigenvalue weighted by Crippen LogP contribution is -2.55. The number of rotatable bonds is 5. The fraction of sp³-hybridized carbons (Fsp3) is 0.429. The molecule has 3 heterocycles. The average molecular weight is 383 g/mol. The first-order chi connectivity index (χ1) is 13.7. The maximum atomic E-state index is 12.9. The number of morpholine rings is 1. The first kappa shape index (κ1) is 18.7. The highest BCUT2D eigenvalue weighted by atomic mass is 16.5. The van der Waals surface area contributed by atoms with Gasteiger partial charge in [-0.15, -0.1) is 0 Å². The number of ether oxygens (including phenoxy) is 1. The Hall–Kier alpha value is -2.64. The van der Waals surface area contributed by atoms with Crippen molar-refractivity contribution < 1.29 is 18.7 Å². The number of carbonyl (C=O) groups excluding carboxylic acids is 2. The maximum absolute atomic E-state index is 12.9. The van der Waals surface area contributed by atoms with Crippen LogP contribution in [-0.4, -0.2) is 48.6 Å². The molecule has 2 aromatic rings. The molecule has 28 heavy (non-hydrogen) atoms. The smallest absolute Gasteiger partial charge is 0.251 e. The minimum Gasteiger partial charge on any atom is -0.468 e. The molecule has 0 spiro atoms. The van der Waals surface area contributed by atoms with Gasteiger partial charge in [0.25, 0.3) is 5.91 Å². The van der Waals surface area contributed by atoms with E-state index >= 15 is 0 Å². The molecule has 1 aromatic carbocycles. The molecule has 7 nitrogen and oxygen atoms in total. The number of likely N-dealkylation sites (tertiary alicyclic amines) is 1. The number of furan rings is 1. The van der Waals surface area contributed by atoms with Crippen LogP contribution in [0.4, 0.5) is 0 Å². The first-order valence-electron chi connectivity index (χ1n) is 9.70. The third-order valence-corrected chi connectivity index (χ3v) is 5.32. The van der Waals surface area contributed by atoms with E-state index in [1.165, 1.54) is 0 Å². The highest BCUT2D eigenvalue weighted by molar-refractivity contribution is 5.86. The molecule has 4 rings (SSSR count). The quantitative estimate of drug-likeness (QED) is 0.820. The van der Waals surface area contributed by atoms with Crippen molar-refractivity contribution in [2.45, 2.75) is 37.6 Å².